The van der Waals surface area contributed by atoms with Gasteiger partial charge in [0.1, 0.15) is 13.2 Å². The summed E-state index contributed by atoms with van der Waals surface area (Å²) in [5.74, 6) is 1.52. The van der Waals surface area contributed by atoms with E-state index in [1.807, 2.05) is 13.8 Å². The Labute approximate surface area is 143 Å². The van der Waals surface area contributed by atoms with Crippen LogP contribution in [0.1, 0.15) is 35.8 Å². The molecule has 2 heterocycles. The molecule has 1 aliphatic heterocycles. The minimum Gasteiger partial charge on any atom is -0.486 e. The van der Waals surface area contributed by atoms with Crippen molar-refractivity contribution in [1.82, 2.24) is 9.97 Å². The van der Waals surface area contributed by atoms with Crippen molar-refractivity contribution in [2.45, 2.75) is 24.9 Å². The van der Waals surface area contributed by atoms with E-state index in [4.69, 9.17) is 9.47 Å². The van der Waals surface area contributed by atoms with Crippen molar-refractivity contribution in [1.29, 1.82) is 0 Å². The van der Waals surface area contributed by atoms with Gasteiger partial charge in [0.15, 0.2) is 22.4 Å². The van der Waals surface area contributed by atoms with Crippen LogP contribution in [0.4, 0.5) is 0 Å². The van der Waals surface area contributed by atoms with Crippen LogP contribution in [-0.2, 0) is 0 Å². The van der Waals surface area contributed by atoms with Crippen LogP contribution in [0.5, 0.6) is 11.5 Å². The molecule has 0 saturated heterocycles. The molecule has 1 aliphatic rings. The highest BCUT2D eigenvalue weighted by atomic mass is 32.2. The average molecular weight is 346 g/mol. The van der Waals surface area contributed by atoms with E-state index in [0.717, 1.165) is 0 Å². The molecule has 0 fully saturated rings. The van der Waals surface area contributed by atoms with E-state index in [1.165, 1.54) is 17.8 Å². The molecule has 7 heteroatoms. The number of carbonyl (C=O) groups excluding carboxylic acids is 1. The summed E-state index contributed by atoms with van der Waals surface area (Å²) in [5.41, 5.74) is 1.06. The summed E-state index contributed by atoms with van der Waals surface area (Å²) in [5, 5.41) is 0.456. The maximum absolute atomic E-state index is 12.4. The molecule has 1 aromatic carbocycles. The lowest BCUT2D eigenvalue weighted by atomic mass is 10.1. The zero-order chi connectivity index (χ0) is 17.1. The summed E-state index contributed by atoms with van der Waals surface area (Å²) in [6, 6.07) is 6.64. The van der Waals surface area contributed by atoms with E-state index in [1.54, 1.807) is 18.2 Å². The number of aromatic amines is 1. The third-order valence-electron chi connectivity index (χ3n) is 3.54. The molecule has 0 bridgehead atoms. The van der Waals surface area contributed by atoms with Crippen molar-refractivity contribution in [2.24, 2.45) is 0 Å². The molecule has 3 rings (SSSR count). The molecule has 2 aromatic rings. The lowest BCUT2D eigenvalue weighted by Gasteiger charge is -2.18. The highest BCUT2D eigenvalue weighted by Crippen LogP contribution is 2.31. The van der Waals surface area contributed by atoms with Gasteiger partial charge in [-0.1, -0.05) is 25.6 Å². The van der Waals surface area contributed by atoms with Crippen molar-refractivity contribution in [3.05, 3.63) is 45.9 Å². The molecule has 0 amide bonds. The first kappa shape index (κ1) is 16.6. The standard InChI is InChI=1S/C17H18N2O4S/c1-10(2)12-8-16(21)19-17(18-12)24-9-13(20)11-3-4-14-15(7-11)23-6-5-22-14/h3-4,7-8,10H,5-6,9H2,1-2H3,(H,18,19,21). The number of ether oxygens (including phenoxy) is 2. The Balaban J connectivity index is 1.71. The van der Waals surface area contributed by atoms with Gasteiger partial charge in [0, 0.05) is 11.6 Å². The van der Waals surface area contributed by atoms with E-state index in [2.05, 4.69) is 9.97 Å². The van der Waals surface area contributed by atoms with E-state index in [-0.39, 0.29) is 23.0 Å². The third-order valence-corrected chi connectivity index (χ3v) is 4.41. The smallest absolute Gasteiger partial charge is 0.251 e. The molecule has 0 saturated carbocycles. The Bertz CT molecular complexity index is 816. The molecular formula is C17H18N2O4S. The maximum Gasteiger partial charge on any atom is 0.251 e. The zero-order valence-electron chi connectivity index (χ0n) is 13.5. The lowest BCUT2D eigenvalue weighted by Crippen LogP contribution is -2.16. The second-order valence-electron chi connectivity index (χ2n) is 5.70. The zero-order valence-corrected chi connectivity index (χ0v) is 14.3. The van der Waals surface area contributed by atoms with Crippen molar-refractivity contribution in [2.75, 3.05) is 19.0 Å². The van der Waals surface area contributed by atoms with Crippen molar-refractivity contribution < 1.29 is 14.3 Å². The summed E-state index contributed by atoms with van der Waals surface area (Å²) in [6.07, 6.45) is 0. The van der Waals surface area contributed by atoms with Gasteiger partial charge in [-0.3, -0.25) is 9.59 Å². The first-order chi connectivity index (χ1) is 11.5. The largest absolute Gasteiger partial charge is 0.486 e. The SMILES string of the molecule is CC(C)c1cc(=O)[nH]c(SCC(=O)c2ccc3c(c2)OCCO3)n1. The Morgan fingerprint density at radius 3 is 2.75 bits per heavy atom. The fourth-order valence-electron chi connectivity index (χ4n) is 2.25. The van der Waals surface area contributed by atoms with Gasteiger partial charge in [-0.15, -0.1) is 0 Å². The highest BCUT2D eigenvalue weighted by molar-refractivity contribution is 7.99. The topological polar surface area (TPSA) is 81.3 Å². The molecule has 0 atom stereocenters. The fourth-order valence-corrected chi connectivity index (χ4v) is 3.03. The Morgan fingerprint density at radius 1 is 1.25 bits per heavy atom. The van der Waals surface area contributed by atoms with Gasteiger partial charge in [-0.05, 0) is 24.1 Å². The van der Waals surface area contributed by atoms with E-state index >= 15 is 0 Å². The van der Waals surface area contributed by atoms with Crippen LogP contribution in [0, 0.1) is 0 Å². The first-order valence-electron chi connectivity index (χ1n) is 7.70. The molecule has 0 aliphatic carbocycles. The minimum atomic E-state index is -0.206. The van der Waals surface area contributed by atoms with Crippen molar-refractivity contribution >= 4 is 17.5 Å². The number of benzene rings is 1. The summed E-state index contributed by atoms with van der Waals surface area (Å²) in [6.45, 7) is 4.93. The van der Waals surface area contributed by atoms with E-state index < -0.39 is 0 Å². The quantitative estimate of drug-likeness (QED) is 0.509. The third kappa shape index (κ3) is 3.79. The fraction of sp³-hybridized carbons (Fsp3) is 0.353. The molecule has 0 unspecified atom stereocenters. The van der Waals surface area contributed by atoms with Crippen LogP contribution in [0.2, 0.25) is 0 Å². The van der Waals surface area contributed by atoms with Crippen LogP contribution in [-0.4, -0.2) is 34.7 Å². The first-order valence-corrected chi connectivity index (χ1v) is 8.68. The van der Waals surface area contributed by atoms with Gasteiger partial charge < -0.3 is 14.5 Å². The number of fused-ring (bicyclic) bond motifs is 1. The van der Waals surface area contributed by atoms with Crippen LogP contribution >= 0.6 is 11.8 Å². The number of thioether (sulfide) groups is 1. The number of nitrogens with one attached hydrogen (secondary N) is 1. The predicted octanol–water partition coefficient (Wildman–Crippen LogP) is 2.64. The van der Waals surface area contributed by atoms with Gasteiger partial charge in [0.25, 0.3) is 5.56 Å². The van der Waals surface area contributed by atoms with Gasteiger partial charge in [0.2, 0.25) is 0 Å². The second kappa shape index (κ2) is 7.09. The van der Waals surface area contributed by atoms with Crippen LogP contribution < -0.4 is 15.0 Å². The predicted molar refractivity (Wildman–Crippen MR) is 91.4 cm³/mol. The lowest BCUT2D eigenvalue weighted by molar-refractivity contribution is 0.102. The van der Waals surface area contributed by atoms with Crippen molar-refractivity contribution in [3.63, 3.8) is 0 Å². The summed E-state index contributed by atoms with van der Waals surface area (Å²) < 4.78 is 10.9. The summed E-state index contributed by atoms with van der Waals surface area (Å²) >= 11 is 1.22. The maximum atomic E-state index is 12.4. The highest BCUT2D eigenvalue weighted by Gasteiger charge is 2.15. The molecule has 0 spiro atoms. The number of hydrogen-bond donors (Lipinski definition) is 1. The molecule has 6 nitrogen and oxygen atoms in total. The average Bonchev–Trinajstić information content (AvgIpc) is 2.58. The number of hydrogen-bond acceptors (Lipinski definition) is 6. The molecule has 1 aromatic heterocycles. The van der Waals surface area contributed by atoms with Crippen LogP contribution in [0.3, 0.4) is 0 Å². The molecule has 0 radical (unpaired) electrons. The van der Waals surface area contributed by atoms with E-state index in [0.29, 0.717) is 41.1 Å². The number of carbonyl (C=O) groups is 1. The Hall–Kier alpha value is -2.28. The second-order valence-corrected chi connectivity index (χ2v) is 6.66. The number of aromatic nitrogens is 2. The van der Waals surface area contributed by atoms with Gasteiger partial charge in [-0.25, -0.2) is 4.98 Å². The van der Waals surface area contributed by atoms with Gasteiger partial charge in [-0.2, -0.15) is 0 Å². The van der Waals surface area contributed by atoms with Gasteiger partial charge in [0.05, 0.1) is 11.4 Å². The molecule has 126 valence electrons. The van der Waals surface area contributed by atoms with E-state index in [9.17, 15) is 9.59 Å². The molecular weight excluding hydrogens is 328 g/mol. The number of ketones is 1. The number of nitrogens with zero attached hydrogens (tertiary/aromatic N) is 1. The molecule has 1 N–H and O–H groups in total. The van der Waals surface area contributed by atoms with Crippen LogP contribution in [0.15, 0.2) is 34.2 Å². The summed E-state index contributed by atoms with van der Waals surface area (Å²) in [7, 11) is 0. The van der Waals surface area contributed by atoms with Gasteiger partial charge >= 0.3 is 0 Å². The number of rotatable bonds is 5. The minimum absolute atomic E-state index is 0.0606. The normalized spacial score (nSPS) is 13.1. The monoisotopic (exact) mass is 346 g/mol. The summed E-state index contributed by atoms with van der Waals surface area (Å²) in [4.78, 5) is 31.1. The molecule has 24 heavy (non-hydrogen) atoms. The number of H-pyrrole nitrogens is 1. The number of Topliss-reactive ketones (excluding diaryl/α,β-unsaturated/α-hetero) is 1. The van der Waals surface area contributed by atoms with Crippen LogP contribution in [0.25, 0.3) is 0 Å². The Kier molecular flexibility index (Phi) is 4.89. The van der Waals surface area contributed by atoms with Crippen molar-refractivity contribution in [3.8, 4) is 11.5 Å². The Morgan fingerprint density at radius 2 is 2.00 bits per heavy atom.